The molecule has 0 amide bonds. The van der Waals surface area contributed by atoms with Crippen molar-refractivity contribution in [2.45, 2.75) is 71.3 Å². The number of hydrogen-bond acceptors (Lipinski definition) is 5. The summed E-state index contributed by atoms with van der Waals surface area (Å²) in [6.07, 6.45) is 9.38. The minimum absolute atomic E-state index is 0.0637. The van der Waals surface area contributed by atoms with E-state index in [0.717, 1.165) is 25.7 Å². The van der Waals surface area contributed by atoms with Gasteiger partial charge >= 0.3 is 5.97 Å². The van der Waals surface area contributed by atoms with E-state index in [1.54, 1.807) is 0 Å². The Morgan fingerprint density at radius 1 is 1.21 bits per heavy atom. The van der Waals surface area contributed by atoms with Gasteiger partial charge in [-0.05, 0) is 56.4 Å². The highest BCUT2D eigenvalue weighted by atomic mass is 16.6. The van der Waals surface area contributed by atoms with Crippen molar-refractivity contribution in [3.05, 3.63) is 23.3 Å². The predicted octanol–water partition coefficient (Wildman–Crippen LogP) is 3.30. The molecule has 5 atom stereocenters. The maximum Gasteiger partial charge on any atom is 0.303 e. The number of aliphatic hydroxyl groups excluding tert-OH is 1. The second kappa shape index (κ2) is 6.38. The van der Waals surface area contributed by atoms with Crippen LogP contribution in [-0.4, -0.2) is 34.9 Å². The summed E-state index contributed by atoms with van der Waals surface area (Å²) in [6.45, 7) is 5.06. The van der Waals surface area contributed by atoms with Crippen LogP contribution in [0.2, 0.25) is 0 Å². The summed E-state index contributed by atoms with van der Waals surface area (Å²) in [5, 5.41) is 9.64. The molecule has 0 radical (unpaired) electrons. The van der Waals surface area contributed by atoms with Crippen molar-refractivity contribution in [1.29, 1.82) is 0 Å². The van der Waals surface area contributed by atoms with Gasteiger partial charge in [0.1, 0.15) is 6.61 Å². The van der Waals surface area contributed by atoms with Crippen molar-refractivity contribution in [3.63, 3.8) is 0 Å². The molecular weight excluding hydrogens is 356 g/mol. The normalized spacial score (nSPS) is 41.9. The molecule has 4 unspecified atom stereocenters. The highest BCUT2D eigenvalue weighted by Crippen LogP contribution is 2.66. The van der Waals surface area contributed by atoms with E-state index in [2.05, 4.69) is 19.9 Å². The lowest BCUT2D eigenvalue weighted by atomic mass is 9.50. The van der Waals surface area contributed by atoms with Gasteiger partial charge in [-0.25, -0.2) is 0 Å². The van der Waals surface area contributed by atoms with Crippen molar-refractivity contribution in [1.82, 2.24) is 0 Å². The maximum absolute atomic E-state index is 12.8. The largest absolute Gasteiger partial charge is 0.451 e. The quantitative estimate of drug-likeness (QED) is 0.595. The Balaban J connectivity index is 1.77. The lowest BCUT2D eigenvalue weighted by molar-refractivity contribution is -0.183. The van der Waals surface area contributed by atoms with Crippen LogP contribution in [0.15, 0.2) is 23.3 Å². The van der Waals surface area contributed by atoms with Gasteiger partial charge in [-0.2, -0.15) is 0 Å². The molecule has 4 aliphatic carbocycles. The number of rotatable bonds is 3. The number of ketones is 2. The summed E-state index contributed by atoms with van der Waals surface area (Å²) in [7, 11) is 0. The van der Waals surface area contributed by atoms with Gasteiger partial charge in [0.05, 0.1) is 0 Å². The van der Waals surface area contributed by atoms with E-state index in [1.165, 1.54) is 18.1 Å². The van der Waals surface area contributed by atoms with E-state index in [4.69, 9.17) is 4.74 Å². The van der Waals surface area contributed by atoms with Crippen LogP contribution >= 0.6 is 0 Å². The third-order valence-electron chi connectivity index (χ3n) is 8.37. The molecule has 152 valence electrons. The Bertz CT molecular complexity index is 808. The monoisotopic (exact) mass is 386 g/mol. The Hall–Kier alpha value is -1.75. The number of carbonyl (C=O) groups is 3. The summed E-state index contributed by atoms with van der Waals surface area (Å²) < 4.78 is 5.72. The Labute approximate surface area is 166 Å². The summed E-state index contributed by atoms with van der Waals surface area (Å²) in [6, 6.07) is 0. The van der Waals surface area contributed by atoms with Crippen LogP contribution in [0, 0.1) is 22.7 Å². The average molecular weight is 386 g/mol. The summed E-state index contributed by atoms with van der Waals surface area (Å²) in [5.41, 5.74) is 0.862. The number of ether oxygens (including phenoxy) is 1. The van der Waals surface area contributed by atoms with Crippen molar-refractivity contribution in [2.75, 3.05) is 6.61 Å². The van der Waals surface area contributed by atoms with Gasteiger partial charge in [-0.1, -0.05) is 31.1 Å². The molecular formula is C23H30O5. The molecule has 0 bridgehead atoms. The fourth-order valence-corrected chi connectivity index (χ4v) is 6.91. The Morgan fingerprint density at radius 2 is 1.96 bits per heavy atom. The predicted molar refractivity (Wildman–Crippen MR) is 103 cm³/mol. The first-order valence-electron chi connectivity index (χ1n) is 10.5. The van der Waals surface area contributed by atoms with Crippen LogP contribution in [0.25, 0.3) is 0 Å². The zero-order chi connectivity index (χ0) is 20.3. The van der Waals surface area contributed by atoms with E-state index < -0.39 is 23.6 Å². The van der Waals surface area contributed by atoms with Crippen molar-refractivity contribution in [3.8, 4) is 0 Å². The molecule has 2 fully saturated rings. The molecule has 0 spiro atoms. The molecule has 5 nitrogen and oxygen atoms in total. The molecule has 4 rings (SSSR count). The van der Waals surface area contributed by atoms with Gasteiger partial charge in [-0.3, -0.25) is 14.4 Å². The van der Waals surface area contributed by atoms with Crippen molar-refractivity contribution in [2.24, 2.45) is 22.7 Å². The molecule has 2 saturated carbocycles. The molecule has 0 saturated heterocycles. The molecule has 0 heterocycles. The minimum atomic E-state index is -1.24. The van der Waals surface area contributed by atoms with Gasteiger partial charge in [0, 0.05) is 24.2 Å². The zero-order valence-corrected chi connectivity index (χ0v) is 17.0. The topological polar surface area (TPSA) is 80.7 Å². The summed E-state index contributed by atoms with van der Waals surface area (Å²) in [5.74, 6) is -0.0488. The SMILES string of the molecule is CC(=O)O[C@]1(C(=O)CO)CCC2C3CCC4=CC(=O)CCC4(C)C3=CCC21C. The summed E-state index contributed by atoms with van der Waals surface area (Å²) in [4.78, 5) is 36.7. The first kappa shape index (κ1) is 19.6. The van der Waals surface area contributed by atoms with Crippen molar-refractivity contribution >= 4 is 17.5 Å². The van der Waals surface area contributed by atoms with Crippen LogP contribution in [-0.2, 0) is 19.1 Å². The fourth-order valence-electron chi connectivity index (χ4n) is 6.91. The van der Waals surface area contributed by atoms with E-state index in [-0.39, 0.29) is 22.9 Å². The van der Waals surface area contributed by atoms with E-state index in [0.29, 0.717) is 25.2 Å². The standard InChI is InChI=1S/C23H30O5/c1-14(25)28-23(20(27)13-24)11-8-19-17-5-4-15-12-16(26)6-9-21(15,2)18(17)7-10-22(19,23)3/h7,12,17,19,24H,4-6,8-11,13H2,1-3H3/t17?,19?,21?,22?,23-/m0/s1. The zero-order valence-electron chi connectivity index (χ0n) is 17.0. The highest BCUT2D eigenvalue weighted by Gasteiger charge is 2.66. The third kappa shape index (κ3) is 2.44. The molecule has 0 aromatic carbocycles. The molecule has 4 aliphatic rings. The van der Waals surface area contributed by atoms with Crippen LogP contribution < -0.4 is 0 Å². The fraction of sp³-hybridized carbons (Fsp3) is 0.696. The average Bonchev–Trinajstić information content (AvgIpc) is 2.94. The lowest BCUT2D eigenvalue weighted by Crippen LogP contribution is -2.57. The van der Waals surface area contributed by atoms with E-state index in [1.807, 2.05) is 6.08 Å². The molecule has 0 aromatic heterocycles. The number of aliphatic hydroxyl groups is 1. The lowest BCUT2D eigenvalue weighted by Gasteiger charge is -2.54. The number of carbonyl (C=O) groups excluding carboxylic acids is 3. The summed E-state index contributed by atoms with van der Waals surface area (Å²) >= 11 is 0. The maximum atomic E-state index is 12.8. The molecule has 0 aromatic rings. The Morgan fingerprint density at radius 3 is 2.64 bits per heavy atom. The first-order valence-corrected chi connectivity index (χ1v) is 10.5. The van der Waals surface area contributed by atoms with E-state index in [9.17, 15) is 19.5 Å². The van der Waals surface area contributed by atoms with Crippen molar-refractivity contribution < 1.29 is 24.2 Å². The second-order valence-corrected chi connectivity index (χ2v) is 9.54. The molecule has 0 aliphatic heterocycles. The molecule has 5 heteroatoms. The van der Waals surface area contributed by atoms with E-state index >= 15 is 0 Å². The van der Waals surface area contributed by atoms with Gasteiger partial charge in [0.2, 0.25) is 5.78 Å². The minimum Gasteiger partial charge on any atom is -0.451 e. The van der Waals surface area contributed by atoms with Crippen LogP contribution in [0.4, 0.5) is 0 Å². The molecule has 28 heavy (non-hydrogen) atoms. The van der Waals surface area contributed by atoms with Gasteiger partial charge in [0.25, 0.3) is 0 Å². The number of fused-ring (bicyclic) bond motifs is 5. The van der Waals surface area contributed by atoms with Gasteiger partial charge in [0.15, 0.2) is 11.4 Å². The van der Waals surface area contributed by atoms with Gasteiger partial charge < -0.3 is 9.84 Å². The van der Waals surface area contributed by atoms with Gasteiger partial charge in [-0.15, -0.1) is 0 Å². The van der Waals surface area contributed by atoms with Crippen LogP contribution in [0.5, 0.6) is 0 Å². The number of hydrogen-bond donors (Lipinski definition) is 1. The number of allylic oxidation sites excluding steroid dienone is 4. The second-order valence-electron chi connectivity index (χ2n) is 9.54. The first-order chi connectivity index (χ1) is 13.2. The smallest absolute Gasteiger partial charge is 0.303 e. The highest BCUT2D eigenvalue weighted by molar-refractivity contribution is 5.92. The third-order valence-corrected chi connectivity index (χ3v) is 8.37. The number of esters is 1. The Kier molecular flexibility index (Phi) is 4.46. The number of Topliss-reactive ketones (excluding diaryl/α,β-unsaturated/α-hetero) is 1. The molecule has 1 N–H and O–H groups in total. The van der Waals surface area contributed by atoms with Crippen LogP contribution in [0.1, 0.15) is 65.7 Å². The van der Waals surface area contributed by atoms with Crippen LogP contribution in [0.3, 0.4) is 0 Å².